The zero-order valence-corrected chi connectivity index (χ0v) is 13.9. The van der Waals surface area contributed by atoms with Crippen molar-refractivity contribution < 1.29 is 4.74 Å². The van der Waals surface area contributed by atoms with Crippen LogP contribution in [0.1, 0.15) is 16.7 Å². The molecule has 3 heteroatoms. The molecule has 0 unspecified atom stereocenters. The summed E-state index contributed by atoms with van der Waals surface area (Å²) in [7, 11) is 1.66. The molecule has 3 rings (SSSR count). The minimum absolute atomic E-state index is 0.800. The molecule has 3 aromatic carbocycles. The summed E-state index contributed by atoms with van der Waals surface area (Å²) in [6.07, 6.45) is 0. The monoisotopic (exact) mass is 316 g/mol. The molecule has 3 nitrogen and oxygen atoms in total. The summed E-state index contributed by atoms with van der Waals surface area (Å²) in [5, 5.41) is 9.06. The van der Waals surface area contributed by atoms with E-state index < -0.39 is 5.72 Å². The van der Waals surface area contributed by atoms with E-state index in [1.807, 2.05) is 91.9 Å². The number of methoxy groups -OCH3 is 1. The summed E-state index contributed by atoms with van der Waals surface area (Å²) in [5.74, 6) is 0. The van der Waals surface area contributed by atoms with Gasteiger partial charge < -0.3 is 4.74 Å². The molecule has 3 aromatic rings. The third-order valence-electron chi connectivity index (χ3n) is 3.97. The number of rotatable bonds is 5. The molecule has 0 aliphatic rings. The van der Waals surface area contributed by atoms with E-state index in [4.69, 9.17) is 4.74 Å². The largest absolute Gasteiger partial charge is 0.348 e. The van der Waals surface area contributed by atoms with Gasteiger partial charge in [-0.15, -0.1) is 5.11 Å². The van der Waals surface area contributed by atoms with Gasteiger partial charge >= 0.3 is 0 Å². The van der Waals surface area contributed by atoms with E-state index in [1.165, 1.54) is 5.56 Å². The highest BCUT2D eigenvalue weighted by atomic mass is 16.5. The second kappa shape index (κ2) is 7.20. The molecule has 0 aliphatic carbocycles. The van der Waals surface area contributed by atoms with Crippen molar-refractivity contribution in [2.75, 3.05) is 7.11 Å². The normalized spacial score (nSPS) is 11.8. The smallest absolute Gasteiger partial charge is 0.231 e. The topological polar surface area (TPSA) is 34.0 Å². The summed E-state index contributed by atoms with van der Waals surface area (Å²) < 4.78 is 5.90. The van der Waals surface area contributed by atoms with Crippen molar-refractivity contribution in [3.63, 3.8) is 0 Å². The first kappa shape index (κ1) is 16.1. The predicted molar refractivity (Wildman–Crippen MR) is 96.4 cm³/mol. The highest BCUT2D eigenvalue weighted by Gasteiger charge is 2.34. The van der Waals surface area contributed by atoms with Crippen molar-refractivity contribution in [3.8, 4) is 0 Å². The minimum atomic E-state index is -0.965. The van der Waals surface area contributed by atoms with Crippen LogP contribution in [-0.2, 0) is 10.5 Å². The fourth-order valence-corrected chi connectivity index (χ4v) is 2.63. The highest BCUT2D eigenvalue weighted by Crippen LogP contribution is 2.36. The summed E-state index contributed by atoms with van der Waals surface area (Å²) in [5.41, 5.74) is 2.91. The molecule has 0 atom stereocenters. The molecule has 0 amide bonds. The lowest BCUT2D eigenvalue weighted by atomic mass is 9.95. The lowest BCUT2D eigenvalue weighted by Crippen LogP contribution is -2.27. The van der Waals surface area contributed by atoms with Gasteiger partial charge in [-0.3, -0.25) is 0 Å². The van der Waals surface area contributed by atoms with Gasteiger partial charge in [0.1, 0.15) is 0 Å². The first-order valence-corrected chi connectivity index (χ1v) is 7.90. The summed E-state index contributed by atoms with van der Waals surface area (Å²) in [6, 6.07) is 27.8. The van der Waals surface area contributed by atoms with E-state index in [9.17, 15) is 0 Å². The fourth-order valence-electron chi connectivity index (χ4n) is 2.63. The molecule has 0 heterocycles. The van der Waals surface area contributed by atoms with E-state index >= 15 is 0 Å². The Labute approximate surface area is 142 Å². The lowest BCUT2D eigenvalue weighted by molar-refractivity contribution is 0.0240. The van der Waals surface area contributed by atoms with Crippen LogP contribution in [0.25, 0.3) is 0 Å². The first-order chi connectivity index (χ1) is 11.7. The van der Waals surface area contributed by atoms with E-state index in [0.29, 0.717) is 0 Å². The second-order valence-electron chi connectivity index (χ2n) is 5.62. The molecule has 0 fully saturated rings. The van der Waals surface area contributed by atoms with Crippen LogP contribution in [0.2, 0.25) is 0 Å². The van der Waals surface area contributed by atoms with Gasteiger partial charge in [0.2, 0.25) is 5.72 Å². The van der Waals surface area contributed by atoms with Gasteiger partial charge in [0.15, 0.2) is 0 Å². The van der Waals surface area contributed by atoms with Gasteiger partial charge in [-0.05, 0) is 19.1 Å². The number of ether oxygens (including phenoxy) is 1. The van der Waals surface area contributed by atoms with Crippen molar-refractivity contribution in [3.05, 3.63) is 102 Å². The third kappa shape index (κ3) is 3.26. The molecular formula is C21H20N2O. The SMILES string of the molecule is COC(N=Nc1ccc(C)cc1)(c1ccccc1)c1ccccc1. The average molecular weight is 316 g/mol. The van der Waals surface area contributed by atoms with Gasteiger partial charge in [-0.1, -0.05) is 78.4 Å². The van der Waals surface area contributed by atoms with Crippen molar-refractivity contribution in [2.45, 2.75) is 12.6 Å². The molecule has 0 bridgehead atoms. The third-order valence-corrected chi connectivity index (χ3v) is 3.97. The molecule has 0 spiro atoms. The minimum Gasteiger partial charge on any atom is -0.348 e. The Morgan fingerprint density at radius 2 is 1.21 bits per heavy atom. The maximum atomic E-state index is 5.90. The average Bonchev–Trinajstić information content (AvgIpc) is 2.66. The molecule has 0 saturated heterocycles. The van der Waals surface area contributed by atoms with Crippen LogP contribution < -0.4 is 0 Å². The highest BCUT2D eigenvalue weighted by molar-refractivity contribution is 5.39. The van der Waals surface area contributed by atoms with Crippen molar-refractivity contribution >= 4 is 5.69 Å². The Kier molecular flexibility index (Phi) is 4.82. The van der Waals surface area contributed by atoms with Crippen LogP contribution >= 0.6 is 0 Å². The number of hydrogen-bond donors (Lipinski definition) is 0. The lowest BCUT2D eigenvalue weighted by Gasteiger charge is -2.28. The van der Waals surface area contributed by atoms with E-state index in [1.54, 1.807) is 7.11 Å². The summed E-state index contributed by atoms with van der Waals surface area (Å²) >= 11 is 0. The quantitative estimate of drug-likeness (QED) is 0.562. The summed E-state index contributed by atoms with van der Waals surface area (Å²) in [4.78, 5) is 0. The standard InChI is InChI=1S/C21H20N2O/c1-17-13-15-20(16-14-17)22-23-21(24-2,18-9-5-3-6-10-18)19-11-7-4-8-12-19/h3-16H,1-2H3. The van der Waals surface area contributed by atoms with Gasteiger partial charge in [0, 0.05) is 18.2 Å². The first-order valence-electron chi connectivity index (χ1n) is 7.90. The fraction of sp³-hybridized carbons (Fsp3) is 0.143. The molecule has 24 heavy (non-hydrogen) atoms. The molecule has 0 radical (unpaired) electrons. The molecule has 0 saturated carbocycles. The van der Waals surface area contributed by atoms with Crippen molar-refractivity contribution in [1.82, 2.24) is 0 Å². The Bertz CT molecular complexity index is 757. The van der Waals surface area contributed by atoms with Crippen LogP contribution in [0.15, 0.2) is 95.2 Å². The number of aryl methyl sites for hydroxylation is 1. The molecule has 120 valence electrons. The number of azo groups is 1. The van der Waals surface area contributed by atoms with Crippen molar-refractivity contribution in [1.29, 1.82) is 0 Å². The van der Waals surface area contributed by atoms with Crippen LogP contribution in [0.3, 0.4) is 0 Å². The molecule has 0 aromatic heterocycles. The van der Waals surface area contributed by atoms with Gasteiger partial charge in [0.25, 0.3) is 0 Å². The molecular weight excluding hydrogens is 296 g/mol. The number of hydrogen-bond acceptors (Lipinski definition) is 3. The van der Waals surface area contributed by atoms with Gasteiger partial charge in [0.05, 0.1) is 5.69 Å². The van der Waals surface area contributed by atoms with E-state index in [-0.39, 0.29) is 0 Å². The Balaban J connectivity index is 2.09. The molecule has 0 aliphatic heterocycles. The Hall–Kier alpha value is -2.78. The van der Waals surface area contributed by atoms with E-state index in [0.717, 1.165) is 16.8 Å². The van der Waals surface area contributed by atoms with Crippen LogP contribution in [0.4, 0.5) is 5.69 Å². The van der Waals surface area contributed by atoms with Crippen molar-refractivity contribution in [2.24, 2.45) is 10.2 Å². The van der Waals surface area contributed by atoms with Crippen LogP contribution in [-0.4, -0.2) is 7.11 Å². The maximum Gasteiger partial charge on any atom is 0.231 e. The number of benzene rings is 3. The molecule has 0 N–H and O–H groups in total. The van der Waals surface area contributed by atoms with Crippen LogP contribution in [0, 0.1) is 6.92 Å². The Morgan fingerprint density at radius 3 is 1.67 bits per heavy atom. The van der Waals surface area contributed by atoms with Crippen LogP contribution in [0.5, 0.6) is 0 Å². The zero-order valence-electron chi connectivity index (χ0n) is 13.9. The van der Waals surface area contributed by atoms with Gasteiger partial charge in [-0.25, -0.2) is 0 Å². The Morgan fingerprint density at radius 1 is 0.708 bits per heavy atom. The summed E-state index contributed by atoms with van der Waals surface area (Å²) in [6.45, 7) is 2.05. The zero-order chi connectivity index (χ0) is 16.8. The second-order valence-corrected chi connectivity index (χ2v) is 5.62. The predicted octanol–water partition coefficient (Wildman–Crippen LogP) is 5.63. The number of nitrogens with zero attached hydrogens (tertiary/aromatic N) is 2. The van der Waals surface area contributed by atoms with Gasteiger partial charge in [-0.2, -0.15) is 5.11 Å². The van der Waals surface area contributed by atoms with E-state index in [2.05, 4.69) is 10.2 Å². The maximum absolute atomic E-state index is 5.90.